The van der Waals surface area contributed by atoms with E-state index in [2.05, 4.69) is 15.8 Å². The minimum absolute atomic E-state index is 0.0566. The van der Waals surface area contributed by atoms with Gasteiger partial charge in [-0.3, -0.25) is 20.4 Å². The van der Waals surface area contributed by atoms with Crippen LogP contribution in [0.1, 0.15) is 21.8 Å². The first-order valence-corrected chi connectivity index (χ1v) is 8.12. The van der Waals surface area contributed by atoms with Gasteiger partial charge >= 0.3 is 5.91 Å². The molecule has 26 heavy (non-hydrogen) atoms. The first-order valence-electron chi connectivity index (χ1n) is 8.12. The molecule has 0 aliphatic rings. The summed E-state index contributed by atoms with van der Waals surface area (Å²) in [6.07, 6.45) is 3.69. The quantitative estimate of drug-likeness (QED) is 0.557. The number of furan rings is 1. The Balaban J connectivity index is 1.41. The van der Waals surface area contributed by atoms with Crippen LogP contribution in [0.15, 0.2) is 59.3 Å². The van der Waals surface area contributed by atoms with Crippen molar-refractivity contribution in [2.75, 3.05) is 0 Å². The van der Waals surface area contributed by atoms with E-state index in [0.29, 0.717) is 11.3 Å². The van der Waals surface area contributed by atoms with Crippen molar-refractivity contribution in [3.05, 3.63) is 71.9 Å². The highest BCUT2D eigenvalue weighted by molar-refractivity contribution is 5.99. The Labute approximate surface area is 148 Å². The van der Waals surface area contributed by atoms with E-state index < -0.39 is 5.91 Å². The first kappa shape index (κ1) is 15.9. The lowest BCUT2D eigenvalue weighted by atomic mass is 10.1. The predicted molar refractivity (Wildman–Crippen MR) is 95.5 cm³/mol. The van der Waals surface area contributed by atoms with Gasteiger partial charge in [-0.25, -0.2) is 4.98 Å². The minimum atomic E-state index is -0.498. The summed E-state index contributed by atoms with van der Waals surface area (Å²) in [6.45, 7) is 1.80. The fourth-order valence-electron chi connectivity index (χ4n) is 2.86. The molecule has 4 rings (SSSR count). The second-order valence-electron chi connectivity index (χ2n) is 5.93. The molecule has 2 N–H and O–H groups in total. The van der Waals surface area contributed by atoms with Gasteiger partial charge < -0.3 is 8.82 Å². The highest BCUT2D eigenvalue weighted by atomic mass is 16.3. The standard InChI is InChI=1S/C19H16N4O3/c1-12-14-6-2-3-7-15(14)26-18(12)19(25)22-21-17(24)10-13-11-23-9-5-4-8-16(23)20-13/h2-9,11H,10H2,1H3,(H,21,24)(H,22,25). The molecule has 0 atom stereocenters. The second kappa shape index (κ2) is 6.36. The molecule has 4 aromatic rings. The van der Waals surface area contributed by atoms with E-state index in [-0.39, 0.29) is 18.1 Å². The van der Waals surface area contributed by atoms with Crippen molar-refractivity contribution in [2.24, 2.45) is 0 Å². The van der Waals surface area contributed by atoms with Gasteiger partial charge in [0.2, 0.25) is 5.91 Å². The summed E-state index contributed by atoms with van der Waals surface area (Å²) in [4.78, 5) is 28.7. The number of benzene rings is 1. The number of aromatic nitrogens is 2. The average Bonchev–Trinajstić information content (AvgIpc) is 3.20. The van der Waals surface area contributed by atoms with E-state index in [1.807, 2.05) is 47.0 Å². The fourth-order valence-corrected chi connectivity index (χ4v) is 2.86. The molecule has 0 unspecified atom stereocenters. The third-order valence-electron chi connectivity index (χ3n) is 4.12. The molecule has 0 radical (unpaired) electrons. The topological polar surface area (TPSA) is 88.6 Å². The summed E-state index contributed by atoms with van der Waals surface area (Å²) in [7, 11) is 0. The predicted octanol–water partition coefficient (Wildman–Crippen LogP) is 2.39. The third-order valence-corrected chi connectivity index (χ3v) is 4.12. The fraction of sp³-hybridized carbons (Fsp3) is 0.105. The van der Waals surface area contributed by atoms with Crippen LogP contribution >= 0.6 is 0 Å². The van der Waals surface area contributed by atoms with Crippen molar-refractivity contribution in [1.82, 2.24) is 20.2 Å². The van der Waals surface area contributed by atoms with Crippen molar-refractivity contribution in [3.8, 4) is 0 Å². The van der Waals surface area contributed by atoms with Gasteiger partial charge in [-0.1, -0.05) is 24.3 Å². The molecular weight excluding hydrogens is 332 g/mol. The minimum Gasteiger partial charge on any atom is -0.451 e. The molecule has 1 aromatic carbocycles. The van der Waals surface area contributed by atoms with Crippen LogP contribution in [0.5, 0.6) is 0 Å². The number of hydrazine groups is 1. The number of amides is 2. The van der Waals surface area contributed by atoms with Gasteiger partial charge in [-0.2, -0.15) is 0 Å². The van der Waals surface area contributed by atoms with Crippen LogP contribution in [0, 0.1) is 6.92 Å². The van der Waals surface area contributed by atoms with Crippen LogP contribution in [0.2, 0.25) is 0 Å². The van der Waals surface area contributed by atoms with Crippen molar-refractivity contribution < 1.29 is 14.0 Å². The number of nitrogens with zero attached hydrogens (tertiary/aromatic N) is 2. The highest BCUT2D eigenvalue weighted by Crippen LogP contribution is 2.24. The Morgan fingerprint density at radius 3 is 2.73 bits per heavy atom. The maximum absolute atomic E-state index is 12.3. The van der Waals surface area contributed by atoms with Crippen LogP contribution in [-0.2, 0) is 11.2 Å². The largest absolute Gasteiger partial charge is 0.451 e. The van der Waals surface area contributed by atoms with Crippen molar-refractivity contribution in [1.29, 1.82) is 0 Å². The zero-order valence-electron chi connectivity index (χ0n) is 14.0. The molecule has 7 heteroatoms. The number of hydrogen-bond donors (Lipinski definition) is 2. The van der Waals surface area contributed by atoms with E-state index in [1.165, 1.54) is 0 Å². The molecular formula is C19H16N4O3. The lowest BCUT2D eigenvalue weighted by Gasteiger charge is -2.05. The summed E-state index contributed by atoms with van der Waals surface area (Å²) in [5.41, 5.74) is 7.52. The maximum Gasteiger partial charge on any atom is 0.305 e. The lowest BCUT2D eigenvalue weighted by Crippen LogP contribution is -2.42. The number of fused-ring (bicyclic) bond motifs is 2. The Hall–Kier alpha value is -3.61. The summed E-state index contributed by atoms with van der Waals surface area (Å²) in [5.74, 6) is -0.684. The van der Waals surface area contributed by atoms with Gasteiger partial charge in [-0.05, 0) is 25.1 Å². The Kier molecular flexibility index (Phi) is 3.89. The number of pyridine rings is 1. The molecule has 0 aliphatic carbocycles. The van der Waals surface area contributed by atoms with E-state index >= 15 is 0 Å². The molecule has 2 amide bonds. The SMILES string of the molecule is Cc1c(C(=O)NNC(=O)Cc2cn3ccccc3n2)oc2ccccc12. The van der Waals surface area contributed by atoms with Gasteiger partial charge in [0.1, 0.15) is 11.2 Å². The Morgan fingerprint density at radius 2 is 1.92 bits per heavy atom. The second-order valence-corrected chi connectivity index (χ2v) is 5.93. The zero-order valence-corrected chi connectivity index (χ0v) is 14.0. The van der Waals surface area contributed by atoms with Crippen molar-refractivity contribution in [3.63, 3.8) is 0 Å². The van der Waals surface area contributed by atoms with Gasteiger partial charge in [0.05, 0.1) is 12.1 Å². The van der Waals surface area contributed by atoms with Crippen LogP contribution in [0.4, 0.5) is 0 Å². The molecule has 0 saturated carbocycles. The van der Waals surface area contributed by atoms with E-state index in [0.717, 1.165) is 16.6 Å². The molecule has 0 saturated heterocycles. The summed E-state index contributed by atoms with van der Waals surface area (Å²) in [5, 5.41) is 0.869. The van der Waals surface area contributed by atoms with Gasteiger partial charge in [-0.15, -0.1) is 0 Å². The number of para-hydroxylation sites is 1. The van der Waals surface area contributed by atoms with Crippen LogP contribution in [0.3, 0.4) is 0 Å². The first-order chi connectivity index (χ1) is 12.6. The number of carbonyl (C=O) groups excluding carboxylic acids is 2. The number of carbonyl (C=O) groups is 2. The van der Waals surface area contributed by atoms with Crippen LogP contribution < -0.4 is 10.9 Å². The molecule has 3 heterocycles. The number of hydrogen-bond acceptors (Lipinski definition) is 4. The van der Waals surface area contributed by atoms with E-state index in [9.17, 15) is 9.59 Å². The lowest BCUT2D eigenvalue weighted by molar-refractivity contribution is -0.121. The van der Waals surface area contributed by atoms with E-state index in [4.69, 9.17) is 4.42 Å². The van der Waals surface area contributed by atoms with Crippen molar-refractivity contribution >= 4 is 28.4 Å². The smallest absolute Gasteiger partial charge is 0.305 e. The number of rotatable bonds is 3. The molecule has 0 fully saturated rings. The average molecular weight is 348 g/mol. The molecule has 0 spiro atoms. The maximum atomic E-state index is 12.3. The Morgan fingerprint density at radius 1 is 1.12 bits per heavy atom. The van der Waals surface area contributed by atoms with Crippen LogP contribution in [-0.4, -0.2) is 21.2 Å². The number of nitrogens with one attached hydrogen (secondary N) is 2. The monoisotopic (exact) mass is 348 g/mol. The normalized spacial score (nSPS) is 11.0. The van der Waals surface area contributed by atoms with Crippen LogP contribution in [0.25, 0.3) is 16.6 Å². The van der Waals surface area contributed by atoms with Gasteiger partial charge in [0.15, 0.2) is 5.76 Å². The third kappa shape index (κ3) is 2.90. The molecule has 3 aromatic heterocycles. The molecule has 130 valence electrons. The highest BCUT2D eigenvalue weighted by Gasteiger charge is 2.18. The van der Waals surface area contributed by atoms with Gasteiger partial charge in [0, 0.05) is 23.3 Å². The summed E-state index contributed by atoms with van der Waals surface area (Å²) >= 11 is 0. The molecule has 0 bridgehead atoms. The van der Waals surface area contributed by atoms with Crippen molar-refractivity contribution in [2.45, 2.75) is 13.3 Å². The summed E-state index contributed by atoms with van der Waals surface area (Å²) in [6, 6.07) is 13.0. The number of imidazole rings is 1. The molecule has 0 aliphatic heterocycles. The Bertz CT molecular complexity index is 1090. The zero-order chi connectivity index (χ0) is 18.1. The number of aryl methyl sites for hydroxylation is 1. The van der Waals surface area contributed by atoms with E-state index in [1.54, 1.807) is 19.2 Å². The van der Waals surface area contributed by atoms with Gasteiger partial charge in [0.25, 0.3) is 0 Å². The summed E-state index contributed by atoms with van der Waals surface area (Å²) < 4.78 is 7.40. The molecule has 7 nitrogen and oxygen atoms in total.